The Morgan fingerprint density at radius 3 is 0.893 bits per heavy atom. The number of alkyl halides is 15. The van der Waals surface area contributed by atoms with Crippen molar-refractivity contribution in [3.63, 3.8) is 0 Å². The van der Waals surface area contributed by atoms with Crippen molar-refractivity contribution in [2.75, 3.05) is 19.8 Å². The molecule has 0 bridgehead atoms. The minimum atomic E-state index is -6.62. The van der Waals surface area contributed by atoms with Crippen molar-refractivity contribution in [2.24, 2.45) is 15.5 Å². The van der Waals surface area contributed by atoms with Gasteiger partial charge in [0.2, 0.25) is 0 Å². The maximum atomic E-state index is 13.6. The monoisotopic (exact) mass is 1160 g/mol. The van der Waals surface area contributed by atoms with E-state index in [4.69, 9.17) is 14.2 Å². The van der Waals surface area contributed by atoms with Gasteiger partial charge in [-0.25, -0.2) is 28.1 Å². The van der Waals surface area contributed by atoms with Crippen LogP contribution in [0.1, 0.15) is 23.6 Å². The lowest BCUT2D eigenvalue weighted by Crippen LogP contribution is -2.55. The van der Waals surface area contributed by atoms with E-state index in [1.807, 2.05) is 0 Å². The van der Waals surface area contributed by atoms with E-state index in [9.17, 15) is 105 Å². The first-order chi connectivity index (χ1) is 34.3. The van der Waals surface area contributed by atoms with Crippen LogP contribution in [0.15, 0.2) is 103 Å². The fourth-order valence-corrected chi connectivity index (χ4v) is 6.03. The smallest absolute Gasteiger partial charge is 0.492 e. The van der Waals surface area contributed by atoms with Crippen LogP contribution < -0.4 is 31.3 Å². The zero-order valence-corrected chi connectivity index (χ0v) is 38.8. The molecule has 0 aliphatic rings. The summed E-state index contributed by atoms with van der Waals surface area (Å²) in [7, 11) is -19.3. The highest BCUT2D eigenvalue weighted by Crippen LogP contribution is 2.31. The third-order valence-electron chi connectivity index (χ3n) is 8.78. The third-order valence-corrected chi connectivity index (χ3v) is 11.3. The number of aromatic nitrogens is 3. The van der Waals surface area contributed by atoms with Gasteiger partial charge in [0.1, 0.15) is 37.1 Å². The maximum absolute atomic E-state index is 13.6. The molecule has 0 fully saturated rings. The SMILES string of the molecule is C/C(=N\OS(=O)(=O)C(F)(F)F)c1ccc(OCCn2c(=O)n(CCOc3ccc(/C(=N/OS(=O)(=O)C(F)(F)F)C(F)(F)F)cc3)c(=O)n(CCOc3ccc(/C(=N/OS(=O)(=O)C(F)(F)F)C(F)(F)F)cc3)c2=O)cc1. The van der Waals surface area contributed by atoms with Crippen molar-refractivity contribution in [1.29, 1.82) is 0 Å². The van der Waals surface area contributed by atoms with E-state index in [1.165, 1.54) is 24.3 Å². The molecule has 0 aliphatic carbocycles. The highest BCUT2D eigenvalue weighted by molar-refractivity contribution is 7.88. The molecule has 0 unspecified atom stereocenters. The Kier molecular flexibility index (Phi) is 18.2. The Morgan fingerprint density at radius 2 is 0.653 bits per heavy atom. The molecular weight excluding hydrogens is 1140 g/mol. The molecule has 0 saturated heterocycles. The highest BCUT2D eigenvalue weighted by atomic mass is 32.2. The van der Waals surface area contributed by atoms with Crippen LogP contribution >= 0.6 is 0 Å². The van der Waals surface area contributed by atoms with Crippen molar-refractivity contribution >= 4 is 47.5 Å². The number of benzene rings is 3. The summed E-state index contributed by atoms with van der Waals surface area (Å²) >= 11 is 0. The summed E-state index contributed by atoms with van der Waals surface area (Å²) < 4.78 is 289. The van der Waals surface area contributed by atoms with Gasteiger partial charge in [-0.3, -0.25) is 12.9 Å². The molecule has 0 amide bonds. The number of rotatable bonds is 21. The molecule has 4 aromatic rings. The van der Waals surface area contributed by atoms with E-state index >= 15 is 0 Å². The topological polar surface area (TPSA) is 261 Å². The highest BCUT2D eigenvalue weighted by Gasteiger charge is 2.51. The van der Waals surface area contributed by atoms with Crippen LogP contribution in [0.4, 0.5) is 65.9 Å². The van der Waals surface area contributed by atoms with Crippen molar-refractivity contribution < 1.29 is 118 Å². The number of ether oxygens (including phenoxy) is 3. The first kappa shape index (κ1) is 60.2. The molecule has 21 nitrogen and oxygen atoms in total. The fourth-order valence-electron chi connectivity index (χ4n) is 5.22. The molecule has 3 aromatic carbocycles. The number of hydrogen-bond donors (Lipinski definition) is 0. The Labute approximate surface area is 407 Å². The minimum absolute atomic E-state index is 0.0150. The van der Waals surface area contributed by atoms with Crippen molar-refractivity contribution in [2.45, 2.75) is 55.4 Å². The summed E-state index contributed by atoms with van der Waals surface area (Å²) in [5.41, 5.74) is -29.1. The van der Waals surface area contributed by atoms with Gasteiger partial charge in [0.25, 0.3) is 0 Å². The second-order valence-corrected chi connectivity index (χ2v) is 18.5. The lowest BCUT2D eigenvalue weighted by atomic mass is 10.1. The van der Waals surface area contributed by atoms with Crippen LogP contribution in [0, 0.1) is 0 Å². The first-order valence-electron chi connectivity index (χ1n) is 19.3. The molecule has 1 aromatic heterocycles. The first-order valence-corrected chi connectivity index (χ1v) is 23.5. The van der Waals surface area contributed by atoms with Gasteiger partial charge in [0.05, 0.1) is 25.3 Å². The molecular formula is C36H27F15N6O15S3. The zero-order chi connectivity index (χ0) is 56.8. The summed E-state index contributed by atoms with van der Waals surface area (Å²) in [6, 6.07) is 9.90. The van der Waals surface area contributed by atoms with Gasteiger partial charge >= 0.3 is 76.3 Å². The Morgan fingerprint density at radius 1 is 0.413 bits per heavy atom. The summed E-state index contributed by atoms with van der Waals surface area (Å²) in [6.07, 6.45) is -11.2. The molecule has 0 radical (unpaired) electrons. The predicted molar refractivity (Wildman–Crippen MR) is 221 cm³/mol. The number of halogens is 15. The lowest BCUT2D eigenvalue weighted by molar-refractivity contribution is -0.0636. The molecule has 0 saturated carbocycles. The second-order valence-electron chi connectivity index (χ2n) is 13.9. The third kappa shape index (κ3) is 15.6. The van der Waals surface area contributed by atoms with E-state index in [0.29, 0.717) is 38.0 Å². The summed E-state index contributed by atoms with van der Waals surface area (Å²) in [5, 5.41) is 7.11. The summed E-state index contributed by atoms with van der Waals surface area (Å²) in [5.74, 6) is -0.745. The molecule has 0 spiro atoms. The Balaban J connectivity index is 1.59. The number of nitrogens with zero attached hydrogens (tertiary/aromatic N) is 6. The second kappa shape index (κ2) is 22.7. The molecule has 1 heterocycles. The molecule has 75 heavy (non-hydrogen) atoms. The summed E-state index contributed by atoms with van der Waals surface area (Å²) in [4.78, 5) is 40.7. The molecule has 0 aliphatic heterocycles. The van der Waals surface area contributed by atoms with Gasteiger partial charge in [0, 0.05) is 11.1 Å². The average molecular weight is 1160 g/mol. The van der Waals surface area contributed by atoms with E-state index in [1.54, 1.807) is 0 Å². The van der Waals surface area contributed by atoms with Crippen LogP contribution in [0.25, 0.3) is 0 Å². The lowest BCUT2D eigenvalue weighted by Gasteiger charge is -2.16. The Bertz CT molecular complexity index is 3150. The van der Waals surface area contributed by atoms with Gasteiger partial charge < -0.3 is 14.2 Å². The quantitative estimate of drug-likeness (QED) is 0.0446. The molecule has 4 rings (SSSR count). The van der Waals surface area contributed by atoms with Gasteiger partial charge in [-0.05, 0) is 85.3 Å². The zero-order valence-electron chi connectivity index (χ0n) is 36.4. The molecule has 0 N–H and O–H groups in total. The van der Waals surface area contributed by atoms with Gasteiger partial charge in [0.15, 0.2) is 11.4 Å². The van der Waals surface area contributed by atoms with E-state index in [-0.39, 0.29) is 28.5 Å². The van der Waals surface area contributed by atoms with Gasteiger partial charge in [-0.15, -0.1) is 0 Å². The van der Waals surface area contributed by atoms with Crippen molar-refractivity contribution in [1.82, 2.24) is 13.7 Å². The fraction of sp³-hybridized carbons (Fsp3) is 0.333. The molecule has 0 atom stereocenters. The standard InChI is InChI=1S/C36H27F15N6O15S3/c1-20(52-70-73(61,62)34(43,44)45)21-2-8-24(9-3-21)67-17-14-55-29(58)56(15-18-68-25-10-4-22(5-11-25)27(32(37,38)39)53-71-74(63,64)35(46,47)48)31(60)57(30(55)59)16-19-69-26-12-6-23(7-13-26)28(33(40,41)42)54-72-75(65,66)36(49,50)51/h2-13H,14-19H2,1H3/b52-20+,53-27-,54-28-. The van der Waals surface area contributed by atoms with E-state index in [0.717, 1.165) is 31.2 Å². The number of hydrogen-bond acceptors (Lipinski definition) is 18. The predicted octanol–water partition coefficient (Wildman–Crippen LogP) is 5.26. The van der Waals surface area contributed by atoms with E-state index < -0.39 is 138 Å². The molecule has 39 heteroatoms. The minimum Gasteiger partial charge on any atom is -0.492 e. The van der Waals surface area contributed by atoms with Crippen molar-refractivity contribution in [3.05, 3.63) is 121 Å². The number of oxime groups is 3. The van der Waals surface area contributed by atoms with Crippen LogP contribution in [0.2, 0.25) is 0 Å². The summed E-state index contributed by atoms with van der Waals surface area (Å²) in [6.45, 7) is -3.21. The average Bonchev–Trinajstić information content (AvgIpc) is 3.28. The largest absolute Gasteiger partial charge is 0.536 e. The van der Waals surface area contributed by atoms with Crippen LogP contribution in [-0.2, 0) is 62.8 Å². The van der Waals surface area contributed by atoms with Crippen molar-refractivity contribution in [3.8, 4) is 17.2 Å². The van der Waals surface area contributed by atoms with Gasteiger partial charge in [-0.1, -0.05) is 15.5 Å². The van der Waals surface area contributed by atoms with E-state index in [2.05, 4.69) is 28.3 Å². The van der Waals surface area contributed by atoms with Crippen LogP contribution in [0.3, 0.4) is 0 Å². The Hall–Kier alpha value is -7.32. The molecule has 414 valence electrons. The normalized spacial score (nSPS) is 13.8. The van der Waals surface area contributed by atoms with Gasteiger partial charge in [-0.2, -0.15) is 91.1 Å². The maximum Gasteiger partial charge on any atom is 0.536 e. The van der Waals surface area contributed by atoms with Crippen LogP contribution in [0.5, 0.6) is 17.2 Å². The van der Waals surface area contributed by atoms with Crippen LogP contribution in [-0.4, -0.2) is 105 Å².